The maximum atomic E-state index is 11.8. The molecule has 0 aliphatic rings. The molecular formula is C14H14N6OS2. The summed E-state index contributed by atoms with van der Waals surface area (Å²) in [5.74, 6) is 0.520. The third-order valence-electron chi connectivity index (χ3n) is 3.02. The Hall–Kier alpha value is -2.26. The molecule has 23 heavy (non-hydrogen) atoms. The summed E-state index contributed by atoms with van der Waals surface area (Å²) in [5, 5.41) is 17.6. The van der Waals surface area contributed by atoms with Gasteiger partial charge in [-0.2, -0.15) is 4.68 Å². The van der Waals surface area contributed by atoms with E-state index in [2.05, 4.69) is 25.8 Å². The fourth-order valence-electron chi connectivity index (χ4n) is 1.92. The summed E-state index contributed by atoms with van der Waals surface area (Å²) in [6.45, 7) is 2.01. The third kappa shape index (κ3) is 3.93. The number of carbonyl (C=O) groups is 1. The van der Waals surface area contributed by atoms with Gasteiger partial charge in [-0.3, -0.25) is 4.79 Å². The SMILES string of the molecule is Cc1ccccc1-n1nnnc1SCCC(=O)Nc1nccs1. The summed E-state index contributed by atoms with van der Waals surface area (Å²) in [4.78, 5) is 15.9. The van der Waals surface area contributed by atoms with Gasteiger partial charge in [0.2, 0.25) is 11.1 Å². The van der Waals surface area contributed by atoms with Crippen LogP contribution >= 0.6 is 23.1 Å². The average Bonchev–Trinajstić information content (AvgIpc) is 3.20. The van der Waals surface area contributed by atoms with E-state index >= 15 is 0 Å². The number of benzene rings is 1. The van der Waals surface area contributed by atoms with Crippen LogP contribution in [-0.2, 0) is 4.79 Å². The fraction of sp³-hybridized carbons (Fsp3) is 0.214. The predicted molar refractivity (Wildman–Crippen MR) is 90.0 cm³/mol. The fourth-order valence-corrected chi connectivity index (χ4v) is 3.29. The first-order valence-corrected chi connectivity index (χ1v) is 8.77. The van der Waals surface area contributed by atoms with Gasteiger partial charge in [-0.05, 0) is 29.0 Å². The number of rotatable bonds is 6. The number of nitrogens with zero attached hydrogens (tertiary/aromatic N) is 5. The summed E-state index contributed by atoms with van der Waals surface area (Å²) in [5.41, 5.74) is 2.02. The molecule has 0 aliphatic heterocycles. The number of aromatic nitrogens is 5. The number of thioether (sulfide) groups is 1. The highest BCUT2D eigenvalue weighted by atomic mass is 32.2. The van der Waals surface area contributed by atoms with Gasteiger partial charge in [0.05, 0.1) is 5.69 Å². The molecule has 1 amide bonds. The minimum atomic E-state index is -0.0673. The topological polar surface area (TPSA) is 85.6 Å². The highest BCUT2D eigenvalue weighted by Crippen LogP contribution is 2.21. The van der Waals surface area contributed by atoms with E-state index in [9.17, 15) is 4.79 Å². The first kappa shape index (κ1) is 15.6. The van der Waals surface area contributed by atoms with Crippen LogP contribution < -0.4 is 5.32 Å². The Kier molecular flexibility index (Phi) is 4.99. The van der Waals surface area contributed by atoms with Crippen LogP contribution in [0.3, 0.4) is 0 Å². The van der Waals surface area contributed by atoms with Crippen molar-refractivity contribution in [3.63, 3.8) is 0 Å². The number of hydrogen-bond donors (Lipinski definition) is 1. The number of amides is 1. The molecule has 118 valence electrons. The van der Waals surface area contributed by atoms with Crippen LogP contribution in [0.25, 0.3) is 5.69 Å². The molecule has 0 saturated heterocycles. The normalized spacial score (nSPS) is 10.7. The molecule has 3 rings (SSSR count). The molecular weight excluding hydrogens is 332 g/mol. The van der Waals surface area contributed by atoms with Crippen LogP contribution in [0, 0.1) is 6.92 Å². The Morgan fingerprint density at radius 3 is 3.04 bits per heavy atom. The third-order valence-corrected chi connectivity index (χ3v) is 4.63. The van der Waals surface area contributed by atoms with Gasteiger partial charge >= 0.3 is 0 Å². The van der Waals surface area contributed by atoms with Crippen molar-refractivity contribution < 1.29 is 4.79 Å². The zero-order chi connectivity index (χ0) is 16.1. The van der Waals surface area contributed by atoms with Gasteiger partial charge in [-0.15, -0.1) is 16.4 Å². The lowest BCUT2D eigenvalue weighted by Gasteiger charge is -2.06. The number of anilines is 1. The minimum absolute atomic E-state index is 0.0673. The van der Waals surface area contributed by atoms with E-state index in [1.54, 1.807) is 10.9 Å². The van der Waals surface area contributed by atoms with Gasteiger partial charge in [-0.1, -0.05) is 30.0 Å². The molecule has 0 aliphatic carbocycles. The van der Waals surface area contributed by atoms with E-state index < -0.39 is 0 Å². The van der Waals surface area contributed by atoms with Crippen LogP contribution in [0.2, 0.25) is 0 Å². The molecule has 0 unspecified atom stereocenters. The van der Waals surface area contributed by atoms with Crippen molar-refractivity contribution in [2.45, 2.75) is 18.5 Å². The average molecular weight is 346 g/mol. The van der Waals surface area contributed by atoms with Crippen molar-refractivity contribution in [3.8, 4) is 5.69 Å². The second-order valence-corrected chi connectivity index (χ2v) is 6.60. The summed E-state index contributed by atoms with van der Waals surface area (Å²) < 4.78 is 1.69. The van der Waals surface area contributed by atoms with Crippen molar-refractivity contribution in [1.29, 1.82) is 0 Å². The first-order chi connectivity index (χ1) is 11.2. The molecule has 2 aromatic heterocycles. The lowest BCUT2D eigenvalue weighted by Crippen LogP contribution is -2.12. The van der Waals surface area contributed by atoms with Gasteiger partial charge in [0.15, 0.2) is 5.13 Å². The van der Waals surface area contributed by atoms with Gasteiger partial charge in [0.25, 0.3) is 0 Å². The number of thiazole rings is 1. The van der Waals surface area contributed by atoms with Gasteiger partial charge < -0.3 is 5.32 Å². The summed E-state index contributed by atoms with van der Waals surface area (Å²) in [6, 6.07) is 7.89. The minimum Gasteiger partial charge on any atom is -0.302 e. The van der Waals surface area contributed by atoms with Gasteiger partial charge in [0, 0.05) is 23.8 Å². The maximum absolute atomic E-state index is 11.8. The molecule has 3 aromatic rings. The number of para-hydroxylation sites is 1. The standard InChI is InChI=1S/C14H14N6OS2/c1-10-4-2-3-5-11(10)20-14(17-18-19-20)23-8-6-12(21)16-13-15-7-9-22-13/h2-5,7,9H,6,8H2,1H3,(H,15,16,21). The summed E-state index contributed by atoms with van der Waals surface area (Å²) in [6.07, 6.45) is 2.02. The molecule has 0 fully saturated rings. The van der Waals surface area contributed by atoms with Crippen molar-refractivity contribution >= 4 is 34.1 Å². The molecule has 7 nitrogen and oxygen atoms in total. The summed E-state index contributed by atoms with van der Waals surface area (Å²) in [7, 11) is 0. The molecule has 1 aromatic carbocycles. The molecule has 0 atom stereocenters. The van der Waals surface area contributed by atoms with Crippen LogP contribution in [0.1, 0.15) is 12.0 Å². The Morgan fingerprint density at radius 1 is 1.39 bits per heavy atom. The van der Waals surface area contributed by atoms with Crippen LogP contribution in [0.5, 0.6) is 0 Å². The Labute approximate surface area is 141 Å². The summed E-state index contributed by atoms with van der Waals surface area (Å²) >= 11 is 2.84. The van der Waals surface area contributed by atoms with Crippen molar-refractivity contribution in [3.05, 3.63) is 41.4 Å². The molecule has 0 saturated carbocycles. The van der Waals surface area contributed by atoms with Gasteiger partial charge in [-0.25, -0.2) is 4.98 Å². The molecule has 1 N–H and O–H groups in total. The monoisotopic (exact) mass is 346 g/mol. The molecule has 2 heterocycles. The van der Waals surface area contributed by atoms with Crippen LogP contribution in [0.15, 0.2) is 41.0 Å². The van der Waals surface area contributed by atoms with E-state index in [-0.39, 0.29) is 5.91 Å². The van der Waals surface area contributed by atoms with Crippen molar-refractivity contribution in [2.75, 3.05) is 11.1 Å². The highest BCUT2D eigenvalue weighted by Gasteiger charge is 2.12. The molecule has 9 heteroatoms. The Balaban J connectivity index is 1.58. The van der Waals surface area contributed by atoms with Crippen LogP contribution in [0.4, 0.5) is 5.13 Å². The number of carbonyl (C=O) groups excluding carboxylic acids is 1. The van der Waals surface area contributed by atoms with Crippen molar-refractivity contribution in [2.24, 2.45) is 0 Å². The van der Waals surface area contributed by atoms with E-state index in [0.717, 1.165) is 11.3 Å². The lowest BCUT2D eigenvalue weighted by molar-refractivity contribution is -0.115. The predicted octanol–water partition coefficient (Wildman–Crippen LogP) is 2.55. The molecule has 0 radical (unpaired) electrons. The van der Waals surface area contributed by atoms with E-state index in [4.69, 9.17) is 0 Å². The largest absolute Gasteiger partial charge is 0.302 e. The number of hydrogen-bond acceptors (Lipinski definition) is 7. The number of tetrazole rings is 1. The van der Waals surface area contributed by atoms with E-state index in [0.29, 0.717) is 22.5 Å². The molecule has 0 spiro atoms. The maximum Gasteiger partial charge on any atom is 0.226 e. The second-order valence-electron chi connectivity index (χ2n) is 4.64. The number of nitrogens with one attached hydrogen (secondary N) is 1. The Morgan fingerprint density at radius 2 is 2.26 bits per heavy atom. The van der Waals surface area contributed by atoms with Crippen molar-refractivity contribution in [1.82, 2.24) is 25.2 Å². The highest BCUT2D eigenvalue weighted by molar-refractivity contribution is 7.99. The number of aryl methyl sites for hydroxylation is 1. The lowest BCUT2D eigenvalue weighted by atomic mass is 10.2. The first-order valence-electron chi connectivity index (χ1n) is 6.90. The zero-order valence-corrected chi connectivity index (χ0v) is 14.0. The van der Waals surface area contributed by atoms with E-state index in [1.165, 1.54) is 23.1 Å². The smallest absolute Gasteiger partial charge is 0.226 e. The van der Waals surface area contributed by atoms with E-state index in [1.807, 2.05) is 36.6 Å². The Bertz CT molecular complexity index is 786. The zero-order valence-electron chi connectivity index (χ0n) is 12.3. The second kappa shape index (κ2) is 7.34. The van der Waals surface area contributed by atoms with Gasteiger partial charge in [0.1, 0.15) is 0 Å². The molecule has 0 bridgehead atoms. The van der Waals surface area contributed by atoms with Crippen LogP contribution in [-0.4, -0.2) is 36.9 Å². The quantitative estimate of drug-likeness (QED) is 0.690.